The molecule has 0 spiro atoms. The van der Waals surface area contributed by atoms with Crippen LogP contribution in [-0.4, -0.2) is 37.0 Å². The van der Waals surface area contributed by atoms with Gasteiger partial charge in [0.05, 0.1) is 5.56 Å². The average Bonchev–Trinajstić information content (AvgIpc) is 2.47. The molecule has 1 aromatic rings. The summed E-state index contributed by atoms with van der Waals surface area (Å²) in [7, 11) is 0. The quantitative estimate of drug-likeness (QED) is 0.754. The van der Waals surface area contributed by atoms with Crippen LogP contribution in [0.5, 0.6) is 0 Å². The van der Waals surface area contributed by atoms with Gasteiger partial charge in [0, 0.05) is 16.7 Å². The first-order valence-electron chi connectivity index (χ1n) is 7.38. The lowest BCUT2D eigenvalue weighted by Crippen LogP contribution is -2.41. The van der Waals surface area contributed by atoms with Crippen molar-refractivity contribution >= 4 is 40.9 Å². The first-order valence-corrected chi connectivity index (χ1v) is 8.45. The Morgan fingerprint density at radius 1 is 1.38 bits per heavy atom. The molecule has 0 aromatic heterocycles. The molecular formula is C16H24ClIN2O. The first-order chi connectivity index (χ1) is 9.61. The van der Waals surface area contributed by atoms with Gasteiger partial charge in [-0.05, 0) is 73.5 Å². The third-order valence-electron chi connectivity index (χ3n) is 3.94. The largest absolute Gasteiger partial charge is 0.339 e. The Morgan fingerprint density at radius 3 is 2.67 bits per heavy atom. The zero-order chi connectivity index (χ0) is 14.5. The average molecular weight is 423 g/mol. The van der Waals surface area contributed by atoms with Gasteiger partial charge in [-0.15, -0.1) is 12.4 Å². The van der Waals surface area contributed by atoms with E-state index in [2.05, 4.69) is 40.9 Å². The maximum atomic E-state index is 12.6. The minimum Gasteiger partial charge on any atom is -0.339 e. The topological polar surface area (TPSA) is 32.3 Å². The highest BCUT2D eigenvalue weighted by atomic mass is 127. The Kier molecular flexibility index (Phi) is 7.98. The highest BCUT2D eigenvalue weighted by molar-refractivity contribution is 14.1. The SMILES string of the molecule is CCNCC1CCN(C(=O)c2cc(C)ccc2I)CC1.Cl. The molecule has 1 heterocycles. The number of piperidine rings is 1. The Balaban J connectivity index is 0.00000220. The van der Waals surface area contributed by atoms with Crippen molar-refractivity contribution in [1.29, 1.82) is 0 Å². The van der Waals surface area contributed by atoms with Gasteiger partial charge in [-0.3, -0.25) is 4.79 Å². The van der Waals surface area contributed by atoms with Crippen LogP contribution in [0.4, 0.5) is 0 Å². The van der Waals surface area contributed by atoms with E-state index in [4.69, 9.17) is 0 Å². The number of amides is 1. The number of benzene rings is 1. The number of nitrogens with zero attached hydrogens (tertiary/aromatic N) is 1. The van der Waals surface area contributed by atoms with Crippen LogP contribution < -0.4 is 5.32 Å². The highest BCUT2D eigenvalue weighted by Gasteiger charge is 2.24. The number of hydrogen-bond acceptors (Lipinski definition) is 2. The van der Waals surface area contributed by atoms with Crippen LogP contribution >= 0.6 is 35.0 Å². The summed E-state index contributed by atoms with van der Waals surface area (Å²) in [5.74, 6) is 0.913. The molecule has 21 heavy (non-hydrogen) atoms. The summed E-state index contributed by atoms with van der Waals surface area (Å²) in [5, 5.41) is 3.41. The summed E-state index contributed by atoms with van der Waals surface area (Å²) in [4.78, 5) is 14.6. The summed E-state index contributed by atoms with van der Waals surface area (Å²) in [6.45, 7) is 8.06. The molecule has 118 valence electrons. The van der Waals surface area contributed by atoms with E-state index < -0.39 is 0 Å². The summed E-state index contributed by atoms with van der Waals surface area (Å²) in [6, 6.07) is 6.09. The smallest absolute Gasteiger partial charge is 0.254 e. The van der Waals surface area contributed by atoms with Gasteiger partial charge in [0.25, 0.3) is 5.91 Å². The molecule has 0 unspecified atom stereocenters. The lowest BCUT2D eigenvalue weighted by molar-refractivity contribution is 0.0689. The molecule has 1 aliphatic heterocycles. The monoisotopic (exact) mass is 422 g/mol. The van der Waals surface area contributed by atoms with Crippen LogP contribution in [0.15, 0.2) is 18.2 Å². The van der Waals surface area contributed by atoms with Crippen molar-refractivity contribution in [2.24, 2.45) is 5.92 Å². The molecule has 3 nitrogen and oxygen atoms in total. The second kappa shape index (κ2) is 8.96. The molecule has 0 atom stereocenters. The van der Waals surface area contributed by atoms with E-state index >= 15 is 0 Å². The van der Waals surface area contributed by atoms with Gasteiger partial charge in [-0.1, -0.05) is 18.6 Å². The fourth-order valence-electron chi connectivity index (χ4n) is 2.66. The van der Waals surface area contributed by atoms with Crippen molar-refractivity contribution in [3.8, 4) is 0 Å². The first kappa shape index (κ1) is 18.7. The number of aryl methyl sites for hydroxylation is 1. The standard InChI is InChI=1S/C16H23IN2O.ClH/c1-3-18-11-13-6-8-19(9-7-13)16(20)14-10-12(2)4-5-15(14)17;/h4-5,10,13,18H,3,6-9,11H2,1-2H3;1H. The minimum absolute atomic E-state index is 0. The van der Waals surface area contributed by atoms with Crippen LogP contribution in [0.25, 0.3) is 0 Å². The Morgan fingerprint density at radius 2 is 2.05 bits per heavy atom. The van der Waals surface area contributed by atoms with Gasteiger partial charge >= 0.3 is 0 Å². The Hall–Kier alpha value is -0.330. The summed E-state index contributed by atoms with van der Waals surface area (Å²) in [5.41, 5.74) is 2.01. The zero-order valence-electron chi connectivity index (χ0n) is 12.7. The number of carbonyl (C=O) groups is 1. The number of likely N-dealkylation sites (tertiary alicyclic amines) is 1. The van der Waals surface area contributed by atoms with Crippen LogP contribution in [0.1, 0.15) is 35.7 Å². The number of carbonyl (C=O) groups excluding carboxylic acids is 1. The fraction of sp³-hybridized carbons (Fsp3) is 0.562. The van der Waals surface area contributed by atoms with E-state index in [1.807, 2.05) is 24.0 Å². The summed E-state index contributed by atoms with van der Waals surface area (Å²) in [6.07, 6.45) is 2.22. The molecule has 0 bridgehead atoms. The minimum atomic E-state index is 0. The number of nitrogens with one attached hydrogen (secondary N) is 1. The number of halogens is 2. The van der Waals surface area contributed by atoms with Crippen molar-refractivity contribution < 1.29 is 4.79 Å². The van der Waals surface area contributed by atoms with E-state index in [9.17, 15) is 4.79 Å². The number of rotatable bonds is 4. The van der Waals surface area contributed by atoms with Crippen molar-refractivity contribution in [3.05, 3.63) is 32.9 Å². The maximum Gasteiger partial charge on any atom is 0.254 e. The van der Waals surface area contributed by atoms with Gasteiger partial charge < -0.3 is 10.2 Å². The zero-order valence-corrected chi connectivity index (χ0v) is 15.7. The molecular weight excluding hydrogens is 399 g/mol. The van der Waals surface area contributed by atoms with E-state index in [-0.39, 0.29) is 18.3 Å². The van der Waals surface area contributed by atoms with E-state index in [1.54, 1.807) is 0 Å². The van der Waals surface area contributed by atoms with Gasteiger partial charge in [0.1, 0.15) is 0 Å². The molecule has 1 amide bonds. The molecule has 0 aliphatic carbocycles. The second-order valence-corrected chi connectivity index (χ2v) is 6.69. The molecule has 1 aliphatic rings. The van der Waals surface area contributed by atoms with E-state index in [0.717, 1.165) is 59.6 Å². The molecule has 1 fully saturated rings. The van der Waals surface area contributed by atoms with Gasteiger partial charge in [0.2, 0.25) is 0 Å². The second-order valence-electron chi connectivity index (χ2n) is 5.53. The van der Waals surface area contributed by atoms with Crippen molar-refractivity contribution in [3.63, 3.8) is 0 Å². The van der Waals surface area contributed by atoms with Crippen LogP contribution in [0.3, 0.4) is 0 Å². The maximum absolute atomic E-state index is 12.6. The van der Waals surface area contributed by atoms with Crippen LogP contribution in [0, 0.1) is 16.4 Å². The lowest BCUT2D eigenvalue weighted by atomic mass is 9.96. The summed E-state index contributed by atoms with van der Waals surface area (Å²) >= 11 is 2.25. The molecule has 1 N–H and O–H groups in total. The third kappa shape index (κ3) is 5.11. The molecule has 1 saturated heterocycles. The molecule has 5 heteroatoms. The predicted molar refractivity (Wildman–Crippen MR) is 98.3 cm³/mol. The lowest BCUT2D eigenvalue weighted by Gasteiger charge is -2.32. The third-order valence-corrected chi connectivity index (χ3v) is 4.88. The van der Waals surface area contributed by atoms with Crippen molar-refractivity contribution in [2.45, 2.75) is 26.7 Å². The van der Waals surface area contributed by atoms with Crippen molar-refractivity contribution in [1.82, 2.24) is 10.2 Å². The highest BCUT2D eigenvalue weighted by Crippen LogP contribution is 2.21. The van der Waals surface area contributed by atoms with Crippen LogP contribution in [-0.2, 0) is 0 Å². The molecule has 0 radical (unpaired) electrons. The summed E-state index contributed by atoms with van der Waals surface area (Å²) < 4.78 is 1.05. The molecule has 0 saturated carbocycles. The molecule has 1 aromatic carbocycles. The number of hydrogen-bond donors (Lipinski definition) is 1. The van der Waals surface area contributed by atoms with Crippen molar-refractivity contribution in [2.75, 3.05) is 26.2 Å². The predicted octanol–water partition coefficient (Wildman–Crippen LogP) is 3.48. The Bertz CT molecular complexity index is 473. The Labute approximate surface area is 147 Å². The van der Waals surface area contributed by atoms with E-state index in [0.29, 0.717) is 0 Å². The van der Waals surface area contributed by atoms with E-state index in [1.165, 1.54) is 0 Å². The van der Waals surface area contributed by atoms with Gasteiger partial charge in [-0.25, -0.2) is 0 Å². The molecule has 2 rings (SSSR count). The fourth-order valence-corrected chi connectivity index (χ4v) is 3.23. The van der Waals surface area contributed by atoms with Gasteiger partial charge in [0.15, 0.2) is 0 Å². The van der Waals surface area contributed by atoms with Crippen LogP contribution in [0.2, 0.25) is 0 Å². The van der Waals surface area contributed by atoms with Gasteiger partial charge in [-0.2, -0.15) is 0 Å². The normalized spacial score (nSPS) is 15.7.